The molecule has 1 aliphatic rings. The second kappa shape index (κ2) is 7.03. The average molecular weight is 358 g/mol. The number of esters is 2. The lowest BCUT2D eigenvalue weighted by Crippen LogP contribution is -2.23. The van der Waals surface area contributed by atoms with Crippen LogP contribution >= 0.6 is 0 Å². The van der Waals surface area contributed by atoms with E-state index in [9.17, 15) is 14.4 Å². The minimum absolute atomic E-state index is 0.0531. The third kappa shape index (κ3) is 2.85. The number of ether oxygens (including phenoxy) is 3. The number of furan rings is 1. The summed E-state index contributed by atoms with van der Waals surface area (Å²) in [6.07, 6.45) is 2.18. The number of carbonyl (C=O) groups excluding carboxylic acids is 3. The van der Waals surface area contributed by atoms with E-state index in [0.29, 0.717) is 24.2 Å². The molecule has 0 saturated carbocycles. The molecule has 1 aromatic carbocycles. The van der Waals surface area contributed by atoms with E-state index in [0.717, 1.165) is 11.8 Å². The van der Waals surface area contributed by atoms with Gasteiger partial charge in [-0.2, -0.15) is 0 Å². The Morgan fingerprint density at radius 1 is 1.12 bits per heavy atom. The molecule has 3 rings (SSSR count). The molecular formula is C19H18O7. The summed E-state index contributed by atoms with van der Waals surface area (Å²) in [6.45, 7) is 0. The number of aryl methyl sites for hydroxylation is 1. The number of methoxy groups -OCH3 is 3. The first kappa shape index (κ1) is 17.7. The van der Waals surface area contributed by atoms with Gasteiger partial charge in [-0.3, -0.25) is 4.79 Å². The summed E-state index contributed by atoms with van der Waals surface area (Å²) in [5, 5.41) is 0. The summed E-state index contributed by atoms with van der Waals surface area (Å²) in [4.78, 5) is 37.1. The van der Waals surface area contributed by atoms with Crippen molar-refractivity contribution in [1.29, 1.82) is 0 Å². The molecule has 1 aliphatic carbocycles. The number of benzene rings is 1. The largest absolute Gasteiger partial charge is 0.497 e. The van der Waals surface area contributed by atoms with Crippen LogP contribution < -0.4 is 4.74 Å². The van der Waals surface area contributed by atoms with Crippen molar-refractivity contribution in [1.82, 2.24) is 0 Å². The molecule has 0 spiro atoms. The van der Waals surface area contributed by atoms with Gasteiger partial charge in [-0.05, 0) is 36.6 Å². The third-order valence-corrected chi connectivity index (χ3v) is 4.53. The summed E-state index contributed by atoms with van der Waals surface area (Å²) in [5.74, 6) is -1.52. The van der Waals surface area contributed by atoms with Crippen LogP contribution in [0.2, 0.25) is 0 Å². The molecule has 0 aliphatic heterocycles. The van der Waals surface area contributed by atoms with Crippen LogP contribution in [0, 0.1) is 0 Å². The number of fused-ring (bicyclic) bond motifs is 1. The molecule has 0 amide bonds. The maximum atomic E-state index is 13.0. The summed E-state index contributed by atoms with van der Waals surface area (Å²) < 4.78 is 20.1. The summed E-state index contributed by atoms with van der Waals surface area (Å²) >= 11 is 0. The van der Waals surface area contributed by atoms with Crippen molar-refractivity contribution in [3.8, 4) is 5.75 Å². The molecule has 0 radical (unpaired) electrons. The van der Waals surface area contributed by atoms with Crippen LogP contribution in [0.4, 0.5) is 0 Å². The number of rotatable bonds is 4. The van der Waals surface area contributed by atoms with E-state index in [4.69, 9.17) is 13.9 Å². The molecule has 1 aromatic heterocycles. The normalized spacial score (nSPS) is 16.0. The van der Waals surface area contributed by atoms with Crippen molar-refractivity contribution in [3.63, 3.8) is 0 Å². The predicted molar refractivity (Wildman–Crippen MR) is 89.8 cm³/mol. The molecular weight excluding hydrogens is 340 g/mol. The monoisotopic (exact) mass is 358 g/mol. The number of hydrogen-bond acceptors (Lipinski definition) is 7. The Balaban J connectivity index is 2.04. The molecule has 1 heterocycles. The number of Topliss-reactive ketones (excluding diaryl/α,β-unsaturated/α-hetero) is 1. The zero-order valence-electron chi connectivity index (χ0n) is 14.7. The van der Waals surface area contributed by atoms with Crippen LogP contribution in [0.1, 0.15) is 54.7 Å². The lowest BCUT2D eigenvalue weighted by Gasteiger charge is -2.23. The lowest BCUT2D eigenvalue weighted by atomic mass is 9.80. The van der Waals surface area contributed by atoms with E-state index < -0.39 is 17.9 Å². The van der Waals surface area contributed by atoms with Gasteiger partial charge in [-0.25, -0.2) is 9.59 Å². The van der Waals surface area contributed by atoms with E-state index in [1.807, 2.05) is 6.07 Å². The Labute approximate surface area is 149 Å². The Morgan fingerprint density at radius 2 is 1.85 bits per heavy atom. The summed E-state index contributed by atoms with van der Waals surface area (Å²) in [5.41, 5.74) is 1.32. The van der Waals surface area contributed by atoms with E-state index in [1.165, 1.54) is 14.2 Å². The molecule has 0 saturated heterocycles. The van der Waals surface area contributed by atoms with Gasteiger partial charge in [-0.1, -0.05) is 0 Å². The molecule has 1 unspecified atom stereocenters. The van der Waals surface area contributed by atoms with Crippen molar-refractivity contribution in [2.45, 2.75) is 18.8 Å². The van der Waals surface area contributed by atoms with Gasteiger partial charge >= 0.3 is 11.9 Å². The highest BCUT2D eigenvalue weighted by Gasteiger charge is 2.37. The van der Waals surface area contributed by atoms with Crippen molar-refractivity contribution in [2.24, 2.45) is 0 Å². The number of hydrogen-bond donors (Lipinski definition) is 0. The van der Waals surface area contributed by atoms with E-state index >= 15 is 0 Å². The minimum atomic E-state index is -0.748. The average Bonchev–Trinajstić information content (AvgIpc) is 3.11. The second-order valence-corrected chi connectivity index (χ2v) is 5.85. The maximum absolute atomic E-state index is 13.0. The van der Waals surface area contributed by atoms with Gasteiger partial charge < -0.3 is 18.6 Å². The van der Waals surface area contributed by atoms with Crippen LogP contribution in [0.3, 0.4) is 0 Å². The van der Waals surface area contributed by atoms with Crippen LogP contribution in [0.5, 0.6) is 5.75 Å². The van der Waals surface area contributed by atoms with Gasteiger partial charge in [0.05, 0.1) is 27.2 Å². The fraction of sp³-hybridized carbons (Fsp3) is 0.316. The van der Waals surface area contributed by atoms with Crippen LogP contribution in [-0.2, 0) is 15.9 Å². The SMILES string of the molecule is COC(=O)c1coc(C2CCc3cc(OC)ccc3C2=O)c1C(=O)OC. The van der Waals surface area contributed by atoms with Gasteiger partial charge in [0, 0.05) is 5.56 Å². The highest BCUT2D eigenvalue weighted by molar-refractivity contribution is 6.08. The fourth-order valence-electron chi connectivity index (χ4n) is 3.22. The van der Waals surface area contributed by atoms with E-state index in [1.54, 1.807) is 19.2 Å². The van der Waals surface area contributed by atoms with Crippen LogP contribution in [-0.4, -0.2) is 39.1 Å². The molecule has 0 bridgehead atoms. The van der Waals surface area contributed by atoms with Crippen molar-refractivity contribution in [3.05, 3.63) is 52.5 Å². The topological polar surface area (TPSA) is 92.0 Å². The molecule has 7 heteroatoms. The zero-order chi connectivity index (χ0) is 18.8. The molecule has 0 N–H and O–H groups in total. The standard InChI is InChI=1S/C19H18O7/c1-23-11-5-7-12-10(8-11)4-6-13(16(12)20)17-15(19(22)25-3)14(9-26-17)18(21)24-2/h5,7-9,13H,4,6H2,1-3H3. The first-order valence-corrected chi connectivity index (χ1v) is 8.01. The molecule has 1 atom stereocenters. The number of carbonyl (C=O) groups is 3. The smallest absolute Gasteiger partial charge is 0.342 e. The third-order valence-electron chi connectivity index (χ3n) is 4.53. The lowest BCUT2D eigenvalue weighted by molar-refractivity contribution is 0.0555. The minimum Gasteiger partial charge on any atom is -0.497 e. The number of ketones is 1. The van der Waals surface area contributed by atoms with Gasteiger partial charge in [0.2, 0.25) is 0 Å². The predicted octanol–water partition coefficient (Wildman–Crippen LogP) is 2.77. The Hall–Kier alpha value is -3.09. The molecule has 26 heavy (non-hydrogen) atoms. The highest BCUT2D eigenvalue weighted by Crippen LogP contribution is 2.37. The van der Waals surface area contributed by atoms with Gasteiger partial charge in [0.1, 0.15) is 28.9 Å². The Kier molecular flexibility index (Phi) is 4.79. The maximum Gasteiger partial charge on any atom is 0.342 e. The van der Waals surface area contributed by atoms with Crippen LogP contribution in [0.25, 0.3) is 0 Å². The van der Waals surface area contributed by atoms with E-state index in [2.05, 4.69) is 4.74 Å². The van der Waals surface area contributed by atoms with Gasteiger partial charge in [0.25, 0.3) is 0 Å². The Bertz CT molecular complexity index is 878. The van der Waals surface area contributed by atoms with Crippen molar-refractivity contribution in [2.75, 3.05) is 21.3 Å². The van der Waals surface area contributed by atoms with Crippen LogP contribution in [0.15, 0.2) is 28.9 Å². The first-order valence-electron chi connectivity index (χ1n) is 8.01. The molecule has 136 valence electrons. The molecule has 2 aromatic rings. The van der Waals surface area contributed by atoms with Gasteiger partial charge in [0.15, 0.2) is 5.78 Å². The quantitative estimate of drug-likeness (QED) is 0.776. The van der Waals surface area contributed by atoms with E-state index in [-0.39, 0.29) is 22.7 Å². The van der Waals surface area contributed by atoms with Crippen molar-refractivity contribution < 1.29 is 33.0 Å². The molecule has 0 fully saturated rings. The summed E-state index contributed by atoms with van der Waals surface area (Å²) in [7, 11) is 3.96. The highest BCUT2D eigenvalue weighted by atomic mass is 16.5. The summed E-state index contributed by atoms with van der Waals surface area (Å²) in [6, 6.07) is 5.24. The van der Waals surface area contributed by atoms with Gasteiger partial charge in [-0.15, -0.1) is 0 Å². The fourth-order valence-corrected chi connectivity index (χ4v) is 3.22. The second-order valence-electron chi connectivity index (χ2n) is 5.85. The van der Waals surface area contributed by atoms with Crippen molar-refractivity contribution >= 4 is 17.7 Å². The first-order chi connectivity index (χ1) is 12.5. The zero-order valence-corrected chi connectivity index (χ0v) is 14.7. The molecule has 7 nitrogen and oxygen atoms in total. The Morgan fingerprint density at radius 3 is 2.50 bits per heavy atom.